The molecule has 0 fully saturated rings. The monoisotopic (exact) mass is 324 g/mol. The molecule has 1 N–H and O–H groups in total. The van der Waals surface area contributed by atoms with Crippen LogP contribution in [-0.2, 0) is 0 Å². The van der Waals surface area contributed by atoms with E-state index in [-0.39, 0.29) is 10.6 Å². The van der Waals surface area contributed by atoms with Crippen molar-refractivity contribution in [2.45, 2.75) is 6.92 Å². The number of halogens is 2. The van der Waals surface area contributed by atoms with Crippen LogP contribution in [0.1, 0.15) is 15.9 Å². The van der Waals surface area contributed by atoms with Gasteiger partial charge >= 0.3 is 5.69 Å². The Hall–Kier alpha value is -2.11. The number of hydrogen-bond acceptors (Lipinski definition) is 3. The summed E-state index contributed by atoms with van der Waals surface area (Å²) in [6.07, 6.45) is 0. The van der Waals surface area contributed by atoms with Gasteiger partial charge in [0, 0.05) is 10.7 Å². The van der Waals surface area contributed by atoms with Gasteiger partial charge in [-0.1, -0.05) is 29.3 Å². The molecule has 0 aromatic heterocycles. The van der Waals surface area contributed by atoms with Crippen molar-refractivity contribution in [3.05, 3.63) is 67.7 Å². The Morgan fingerprint density at radius 3 is 2.57 bits per heavy atom. The number of rotatable bonds is 3. The number of aryl methyl sites for hydroxylation is 1. The minimum atomic E-state index is -0.675. The summed E-state index contributed by atoms with van der Waals surface area (Å²) in [6.45, 7) is 1.77. The van der Waals surface area contributed by atoms with E-state index in [2.05, 4.69) is 5.32 Å². The predicted octanol–water partition coefficient (Wildman–Crippen LogP) is 4.46. The van der Waals surface area contributed by atoms with Crippen molar-refractivity contribution in [2.75, 3.05) is 5.32 Å². The lowest BCUT2D eigenvalue weighted by molar-refractivity contribution is -0.385. The first-order chi connectivity index (χ1) is 9.90. The zero-order valence-corrected chi connectivity index (χ0v) is 12.4. The molecular weight excluding hydrogens is 315 g/mol. The van der Waals surface area contributed by atoms with Gasteiger partial charge in [-0.05, 0) is 42.8 Å². The molecule has 0 saturated carbocycles. The molecule has 0 unspecified atom stereocenters. The van der Waals surface area contributed by atoms with Crippen LogP contribution in [0.25, 0.3) is 0 Å². The minimum Gasteiger partial charge on any atom is -0.322 e. The lowest BCUT2D eigenvalue weighted by Gasteiger charge is -2.09. The Bertz CT molecular complexity index is 732. The van der Waals surface area contributed by atoms with Crippen molar-refractivity contribution in [1.82, 2.24) is 0 Å². The van der Waals surface area contributed by atoms with Gasteiger partial charge in [0.1, 0.15) is 10.6 Å². The zero-order chi connectivity index (χ0) is 15.6. The molecule has 0 heterocycles. The first-order valence-electron chi connectivity index (χ1n) is 5.90. The SMILES string of the molecule is Cc1cc(Cl)ccc1NC(=O)c1cccc(Cl)c1[N+](=O)[O-]. The average Bonchev–Trinajstić information content (AvgIpc) is 2.41. The first kappa shape index (κ1) is 15.3. The van der Waals surface area contributed by atoms with Crippen molar-refractivity contribution in [3.63, 3.8) is 0 Å². The molecule has 5 nitrogen and oxygen atoms in total. The smallest absolute Gasteiger partial charge is 0.300 e. The fourth-order valence-electron chi connectivity index (χ4n) is 1.84. The van der Waals surface area contributed by atoms with Crippen LogP contribution in [-0.4, -0.2) is 10.8 Å². The van der Waals surface area contributed by atoms with Gasteiger partial charge in [0.25, 0.3) is 5.91 Å². The highest BCUT2D eigenvalue weighted by atomic mass is 35.5. The minimum absolute atomic E-state index is 0.0829. The lowest BCUT2D eigenvalue weighted by atomic mass is 10.1. The maximum Gasteiger partial charge on any atom is 0.300 e. The molecule has 1 amide bonds. The molecule has 0 saturated heterocycles. The third-order valence-electron chi connectivity index (χ3n) is 2.85. The maximum absolute atomic E-state index is 12.2. The van der Waals surface area contributed by atoms with E-state index in [9.17, 15) is 14.9 Å². The fraction of sp³-hybridized carbons (Fsp3) is 0.0714. The Morgan fingerprint density at radius 1 is 1.24 bits per heavy atom. The summed E-state index contributed by atoms with van der Waals surface area (Å²) in [4.78, 5) is 22.6. The van der Waals surface area contributed by atoms with Crippen LogP contribution in [0.2, 0.25) is 10.0 Å². The molecule has 2 aromatic carbocycles. The molecule has 0 spiro atoms. The van der Waals surface area contributed by atoms with Gasteiger partial charge in [-0.25, -0.2) is 0 Å². The van der Waals surface area contributed by atoms with Gasteiger partial charge < -0.3 is 5.32 Å². The summed E-state index contributed by atoms with van der Waals surface area (Å²) < 4.78 is 0. The average molecular weight is 325 g/mol. The van der Waals surface area contributed by atoms with Gasteiger partial charge in [0.2, 0.25) is 0 Å². The number of nitrogens with zero attached hydrogens (tertiary/aromatic N) is 1. The van der Waals surface area contributed by atoms with Gasteiger partial charge in [-0.3, -0.25) is 14.9 Å². The van der Waals surface area contributed by atoms with Crippen LogP contribution in [0, 0.1) is 17.0 Å². The van der Waals surface area contributed by atoms with E-state index in [1.165, 1.54) is 18.2 Å². The number of hydrogen-bond donors (Lipinski definition) is 1. The van der Waals surface area contributed by atoms with Crippen molar-refractivity contribution in [2.24, 2.45) is 0 Å². The number of carbonyl (C=O) groups is 1. The van der Waals surface area contributed by atoms with Crippen molar-refractivity contribution in [3.8, 4) is 0 Å². The molecule has 21 heavy (non-hydrogen) atoms. The van der Waals surface area contributed by atoms with Crippen molar-refractivity contribution in [1.29, 1.82) is 0 Å². The van der Waals surface area contributed by atoms with Crippen LogP contribution >= 0.6 is 23.2 Å². The topological polar surface area (TPSA) is 72.2 Å². The largest absolute Gasteiger partial charge is 0.322 e. The Morgan fingerprint density at radius 2 is 1.95 bits per heavy atom. The number of para-hydroxylation sites is 1. The predicted molar refractivity (Wildman–Crippen MR) is 82.2 cm³/mol. The van der Waals surface area contributed by atoms with Crippen molar-refractivity contribution < 1.29 is 9.72 Å². The van der Waals surface area contributed by atoms with Crippen LogP contribution in [0.3, 0.4) is 0 Å². The molecule has 0 aliphatic rings. The molecule has 108 valence electrons. The Labute approximate surface area is 130 Å². The van der Waals surface area contributed by atoms with Gasteiger partial charge in [-0.15, -0.1) is 0 Å². The normalized spacial score (nSPS) is 10.2. The van der Waals surface area contributed by atoms with Gasteiger partial charge in [0.05, 0.1) is 4.92 Å². The molecule has 0 aliphatic carbocycles. The molecule has 2 aromatic rings. The number of amides is 1. The van der Waals surface area contributed by atoms with Crippen molar-refractivity contribution >= 4 is 40.5 Å². The van der Waals surface area contributed by atoms with Crippen LogP contribution < -0.4 is 5.32 Å². The highest BCUT2D eigenvalue weighted by Crippen LogP contribution is 2.29. The summed E-state index contributed by atoms with van der Waals surface area (Å²) >= 11 is 11.6. The van der Waals surface area contributed by atoms with Crippen LogP contribution in [0.5, 0.6) is 0 Å². The lowest BCUT2D eigenvalue weighted by Crippen LogP contribution is -2.14. The second-order valence-electron chi connectivity index (χ2n) is 4.31. The molecule has 0 aliphatic heterocycles. The van der Waals surface area contributed by atoms with E-state index in [1.807, 2.05) is 0 Å². The zero-order valence-electron chi connectivity index (χ0n) is 10.9. The Balaban J connectivity index is 2.37. The van der Waals surface area contributed by atoms with Gasteiger partial charge in [0.15, 0.2) is 0 Å². The summed E-state index contributed by atoms with van der Waals surface area (Å²) in [7, 11) is 0. The molecule has 0 bridgehead atoms. The second-order valence-corrected chi connectivity index (χ2v) is 5.15. The quantitative estimate of drug-likeness (QED) is 0.669. The third-order valence-corrected chi connectivity index (χ3v) is 3.39. The first-order valence-corrected chi connectivity index (χ1v) is 6.66. The van der Waals surface area contributed by atoms with E-state index in [4.69, 9.17) is 23.2 Å². The highest BCUT2D eigenvalue weighted by Gasteiger charge is 2.23. The van der Waals surface area contributed by atoms with Crippen LogP contribution in [0.15, 0.2) is 36.4 Å². The fourth-order valence-corrected chi connectivity index (χ4v) is 2.31. The van der Waals surface area contributed by atoms with E-state index in [1.54, 1.807) is 25.1 Å². The third kappa shape index (κ3) is 3.32. The molecule has 0 atom stereocenters. The van der Waals surface area contributed by atoms with Gasteiger partial charge in [-0.2, -0.15) is 0 Å². The number of anilines is 1. The molecule has 0 radical (unpaired) electrons. The van der Waals surface area contributed by atoms with E-state index < -0.39 is 16.5 Å². The van der Waals surface area contributed by atoms with E-state index in [0.29, 0.717) is 10.7 Å². The van der Waals surface area contributed by atoms with E-state index >= 15 is 0 Å². The number of carbonyl (C=O) groups excluding carboxylic acids is 1. The molecular formula is C14H10Cl2N2O3. The number of nitro benzene ring substituents is 1. The maximum atomic E-state index is 12.2. The molecule has 7 heteroatoms. The summed E-state index contributed by atoms with van der Waals surface area (Å²) in [6, 6.07) is 9.14. The number of nitrogens with one attached hydrogen (secondary N) is 1. The summed E-state index contributed by atoms with van der Waals surface area (Å²) in [5, 5.41) is 14.1. The Kier molecular flexibility index (Phi) is 4.45. The van der Waals surface area contributed by atoms with Crippen LogP contribution in [0.4, 0.5) is 11.4 Å². The standard InChI is InChI=1S/C14H10Cl2N2O3/c1-8-7-9(15)5-6-12(8)17-14(19)10-3-2-4-11(16)13(10)18(20)21/h2-7H,1H3,(H,17,19). The summed E-state index contributed by atoms with van der Waals surface area (Å²) in [5.74, 6) is -0.602. The number of nitro groups is 1. The van der Waals surface area contributed by atoms with E-state index in [0.717, 1.165) is 5.56 Å². The summed E-state index contributed by atoms with van der Waals surface area (Å²) in [5.41, 5.74) is 0.768. The number of benzene rings is 2. The second kappa shape index (κ2) is 6.11. The molecule has 2 rings (SSSR count). The highest BCUT2D eigenvalue weighted by molar-refractivity contribution is 6.33.